The van der Waals surface area contributed by atoms with Crippen molar-refractivity contribution >= 4 is 5.96 Å². The topological polar surface area (TPSA) is 36.4 Å². The molecule has 4 fully saturated rings. The minimum Gasteiger partial charge on any atom is -0.356 e. The van der Waals surface area contributed by atoms with Crippen LogP contribution >= 0.6 is 0 Å². The maximum absolute atomic E-state index is 4.45. The van der Waals surface area contributed by atoms with E-state index in [4.69, 9.17) is 0 Å². The highest BCUT2D eigenvalue weighted by molar-refractivity contribution is 5.81. The predicted molar refractivity (Wildman–Crippen MR) is 68.9 cm³/mol. The van der Waals surface area contributed by atoms with Crippen molar-refractivity contribution in [3.8, 4) is 0 Å². The van der Waals surface area contributed by atoms with Crippen molar-refractivity contribution in [1.82, 2.24) is 10.6 Å². The molecule has 3 heteroatoms. The normalized spacial score (nSPS) is 46.8. The highest BCUT2D eigenvalue weighted by Gasteiger charge is 2.50. The van der Waals surface area contributed by atoms with E-state index in [1.807, 2.05) is 0 Å². The first-order valence-corrected chi connectivity index (χ1v) is 7.34. The fraction of sp³-hybridized carbons (Fsp3) is 0.929. The Hall–Kier alpha value is -0.730. The van der Waals surface area contributed by atoms with E-state index in [1.165, 1.54) is 45.1 Å². The number of hydrogen-bond donors (Lipinski definition) is 2. The van der Waals surface area contributed by atoms with E-state index < -0.39 is 0 Å². The third-order valence-electron chi connectivity index (χ3n) is 5.47. The van der Waals surface area contributed by atoms with E-state index >= 15 is 0 Å². The van der Waals surface area contributed by atoms with Crippen LogP contribution in [0.5, 0.6) is 0 Å². The Morgan fingerprint density at radius 3 is 2.29 bits per heavy atom. The maximum atomic E-state index is 4.45. The van der Waals surface area contributed by atoms with Crippen LogP contribution in [0.25, 0.3) is 0 Å². The first-order valence-electron chi connectivity index (χ1n) is 7.34. The lowest BCUT2D eigenvalue weighted by atomic mass is 9.49. The average molecular weight is 233 g/mol. The molecule has 0 aromatic heterocycles. The van der Waals surface area contributed by atoms with Gasteiger partial charge in [0.05, 0.1) is 6.54 Å². The van der Waals surface area contributed by atoms with Crippen molar-refractivity contribution in [2.75, 3.05) is 19.6 Å². The highest BCUT2D eigenvalue weighted by atomic mass is 15.2. The van der Waals surface area contributed by atoms with Gasteiger partial charge in [-0.1, -0.05) is 0 Å². The Balaban J connectivity index is 1.45. The van der Waals surface area contributed by atoms with E-state index in [1.54, 1.807) is 0 Å². The lowest BCUT2D eigenvalue weighted by Gasteiger charge is -2.57. The van der Waals surface area contributed by atoms with Crippen molar-refractivity contribution in [2.45, 2.75) is 38.5 Å². The minimum absolute atomic E-state index is 0.627. The van der Waals surface area contributed by atoms with E-state index in [2.05, 4.69) is 15.6 Å². The molecule has 3 nitrogen and oxygen atoms in total. The van der Waals surface area contributed by atoms with Gasteiger partial charge in [0.15, 0.2) is 5.96 Å². The maximum Gasteiger partial charge on any atom is 0.191 e. The summed E-state index contributed by atoms with van der Waals surface area (Å²) in [6, 6.07) is 0. The number of aliphatic imine (C=N–C) groups is 1. The Bertz CT molecular complexity index is 312. The molecular weight excluding hydrogens is 210 g/mol. The molecule has 0 atom stereocenters. The summed E-state index contributed by atoms with van der Waals surface area (Å²) in [6.45, 7) is 3.13. The average Bonchev–Trinajstić information content (AvgIpc) is 2.77. The molecule has 5 rings (SSSR count). The summed E-state index contributed by atoms with van der Waals surface area (Å²) in [5.41, 5.74) is 0.627. The second kappa shape index (κ2) is 3.63. The quantitative estimate of drug-likeness (QED) is 0.762. The molecular formula is C14H23N3. The van der Waals surface area contributed by atoms with Gasteiger partial charge in [-0.2, -0.15) is 0 Å². The third-order valence-corrected chi connectivity index (χ3v) is 5.47. The Labute approximate surface area is 103 Å². The van der Waals surface area contributed by atoms with Gasteiger partial charge in [-0.3, -0.25) is 4.99 Å². The summed E-state index contributed by atoms with van der Waals surface area (Å²) >= 11 is 0. The van der Waals surface area contributed by atoms with Crippen LogP contribution in [0.1, 0.15) is 38.5 Å². The molecule has 0 amide bonds. The minimum atomic E-state index is 0.627. The van der Waals surface area contributed by atoms with Crippen molar-refractivity contribution < 1.29 is 0 Å². The zero-order valence-corrected chi connectivity index (χ0v) is 10.5. The van der Waals surface area contributed by atoms with Crippen LogP contribution in [-0.2, 0) is 0 Å². The molecule has 0 spiro atoms. The van der Waals surface area contributed by atoms with Crippen LogP contribution in [0.3, 0.4) is 0 Å². The number of nitrogens with zero attached hydrogens (tertiary/aromatic N) is 1. The van der Waals surface area contributed by atoms with Gasteiger partial charge in [-0.05, 0) is 61.7 Å². The first kappa shape index (κ1) is 10.2. The smallest absolute Gasteiger partial charge is 0.191 e. The molecule has 0 radical (unpaired) electrons. The Morgan fingerprint density at radius 1 is 1.12 bits per heavy atom. The molecule has 4 saturated carbocycles. The monoisotopic (exact) mass is 233 g/mol. The zero-order chi connectivity index (χ0) is 11.3. The van der Waals surface area contributed by atoms with Crippen molar-refractivity contribution in [2.24, 2.45) is 28.2 Å². The lowest BCUT2D eigenvalue weighted by molar-refractivity contribution is -0.0491. The summed E-state index contributed by atoms with van der Waals surface area (Å²) in [5, 5.41) is 6.91. The summed E-state index contributed by atoms with van der Waals surface area (Å²) in [5.74, 6) is 4.23. The van der Waals surface area contributed by atoms with E-state index in [9.17, 15) is 0 Å². The largest absolute Gasteiger partial charge is 0.356 e. The van der Waals surface area contributed by atoms with Crippen LogP contribution in [0, 0.1) is 23.2 Å². The Kier molecular flexibility index (Phi) is 2.18. The molecule has 1 heterocycles. The highest BCUT2D eigenvalue weighted by Crippen LogP contribution is 2.59. The molecule has 0 unspecified atom stereocenters. The lowest BCUT2D eigenvalue weighted by Crippen LogP contribution is -2.52. The summed E-state index contributed by atoms with van der Waals surface area (Å²) in [6.07, 6.45) is 9.08. The van der Waals surface area contributed by atoms with Gasteiger partial charge in [-0.15, -0.1) is 0 Å². The number of nitrogens with one attached hydrogen (secondary N) is 2. The second-order valence-corrected chi connectivity index (χ2v) is 6.93. The summed E-state index contributed by atoms with van der Waals surface area (Å²) in [4.78, 5) is 4.45. The van der Waals surface area contributed by atoms with Crippen LogP contribution in [0.4, 0.5) is 0 Å². The first-order chi connectivity index (χ1) is 8.31. The van der Waals surface area contributed by atoms with Gasteiger partial charge in [0.25, 0.3) is 0 Å². The molecule has 0 aromatic rings. The van der Waals surface area contributed by atoms with Gasteiger partial charge in [0.2, 0.25) is 0 Å². The van der Waals surface area contributed by atoms with Gasteiger partial charge in [-0.25, -0.2) is 0 Å². The number of rotatable bonds is 2. The fourth-order valence-corrected chi connectivity index (χ4v) is 5.29. The predicted octanol–water partition coefficient (Wildman–Crippen LogP) is 1.75. The number of hydrogen-bond acceptors (Lipinski definition) is 3. The van der Waals surface area contributed by atoms with Crippen molar-refractivity contribution in [1.29, 1.82) is 0 Å². The van der Waals surface area contributed by atoms with E-state index in [0.29, 0.717) is 5.41 Å². The van der Waals surface area contributed by atoms with Gasteiger partial charge >= 0.3 is 0 Å². The van der Waals surface area contributed by atoms with E-state index in [0.717, 1.165) is 36.8 Å². The Morgan fingerprint density at radius 2 is 1.76 bits per heavy atom. The number of guanidine groups is 1. The molecule has 94 valence electrons. The summed E-state index contributed by atoms with van der Waals surface area (Å²) in [7, 11) is 0. The van der Waals surface area contributed by atoms with Crippen molar-refractivity contribution in [3.63, 3.8) is 0 Å². The summed E-state index contributed by atoms with van der Waals surface area (Å²) < 4.78 is 0. The molecule has 17 heavy (non-hydrogen) atoms. The van der Waals surface area contributed by atoms with Crippen LogP contribution in [0.2, 0.25) is 0 Å². The molecule has 1 aliphatic heterocycles. The third kappa shape index (κ3) is 1.74. The van der Waals surface area contributed by atoms with Crippen LogP contribution < -0.4 is 10.6 Å². The standard InChI is InChI=1S/C14H23N3/c1-2-16-13(15-1)17-9-14-6-10-3-11(7-14)5-12(4-10)8-14/h10-12H,1-9H2,(H2,15,16,17). The van der Waals surface area contributed by atoms with E-state index in [-0.39, 0.29) is 0 Å². The molecule has 4 bridgehead atoms. The zero-order valence-electron chi connectivity index (χ0n) is 10.5. The fourth-order valence-electron chi connectivity index (χ4n) is 5.29. The molecule has 2 N–H and O–H groups in total. The van der Waals surface area contributed by atoms with Crippen molar-refractivity contribution in [3.05, 3.63) is 0 Å². The molecule has 5 aliphatic rings. The SMILES string of the molecule is C1CNC(NCC23CC4CC(CC(C4)C2)C3)=N1. The van der Waals surface area contributed by atoms with Gasteiger partial charge in [0, 0.05) is 13.1 Å². The van der Waals surface area contributed by atoms with Gasteiger partial charge in [0.1, 0.15) is 0 Å². The van der Waals surface area contributed by atoms with Gasteiger partial charge < -0.3 is 10.6 Å². The molecule has 4 aliphatic carbocycles. The molecule has 0 saturated heterocycles. The second-order valence-electron chi connectivity index (χ2n) is 6.93. The van der Waals surface area contributed by atoms with Crippen LogP contribution in [-0.4, -0.2) is 25.6 Å². The molecule has 0 aromatic carbocycles. The van der Waals surface area contributed by atoms with Crippen LogP contribution in [0.15, 0.2) is 4.99 Å².